The Hall–Kier alpha value is -1.79. The molecule has 0 aliphatic carbocycles. The van der Waals surface area contributed by atoms with E-state index >= 15 is 0 Å². The summed E-state index contributed by atoms with van der Waals surface area (Å²) in [5, 5.41) is 5.37. The number of halogens is 1. The molecule has 120 valence electrons. The lowest BCUT2D eigenvalue weighted by Crippen LogP contribution is -2.22. The standard InChI is InChI=1S/C17H17BrN2O2S/c1-11(17(22)20-15-5-3-13(18)4-6-15)23-16-9-7-14(8-10-16)19-12(2)21/h3-11H,1-2H3,(H,19,21)(H,20,22). The number of carbonyl (C=O) groups is 2. The minimum Gasteiger partial charge on any atom is -0.326 e. The van der Waals surface area contributed by atoms with Crippen LogP contribution in [0.5, 0.6) is 0 Å². The molecule has 0 bridgehead atoms. The van der Waals surface area contributed by atoms with Crippen molar-refractivity contribution >= 4 is 50.9 Å². The van der Waals surface area contributed by atoms with Gasteiger partial charge in [-0.1, -0.05) is 15.9 Å². The molecule has 0 saturated carbocycles. The number of amides is 2. The van der Waals surface area contributed by atoms with Crippen LogP contribution in [0.15, 0.2) is 57.9 Å². The van der Waals surface area contributed by atoms with Gasteiger partial charge in [-0.2, -0.15) is 0 Å². The Labute approximate surface area is 148 Å². The molecule has 0 aromatic heterocycles. The minimum absolute atomic E-state index is 0.0525. The van der Waals surface area contributed by atoms with E-state index < -0.39 is 0 Å². The molecule has 0 aliphatic heterocycles. The highest BCUT2D eigenvalue weighted by atomic mass is 79.9. The van der Waals surface area contributed by atoms with Crippen LogP contribution in [0.25, 0.3) is 0 Å². The van der Waals surface area contributed by atoms with Gasteiger partial charge in [0.05, 0.1) is 5.25 Å². The SMILES string of the molecule is CC(=O)Nc1ccc(SC(C)C(=O)Nc2ccc(Br)cc2)cc1. The van der Waals surface area contributed by atoms with Gasteiger partial charge in [-0.25, -0.2) is 0 Å². The van der Waals surface area contributed by atoms with E-state index in [-0.39, 0.29) is 17.1 Å². The van der Waals surface area contributed by atoms with Crippen LogP contribution in [0.3, 0.4) is 0 Å². The second kappa shape index (κ2) is 8.17. The first-order valence-corrected chi connectivity index (χ1v) is 8.72. The molecule has 1 unspecified atom stereocenters. The predicted octanol–water partition coefficient (Wildman–Crippen LogP) is 4.53. The lowest BCUT2D eigenvalue weighted by molar-refractivity contribution is -0.115. The van der Waals surface area contributed by atoms with E-state index in [2.05, 4.69) is 26.6 Å². The number of nitrogens with one attached hydrogen (secondary N) is 2. The Morgan fingerprint density at radius 2 is 1.48 bits per heavy atom. The number of hydrogen-bond donors (Lipinski definition) is 2. The van der Waals surface area contributed by atoms with Crippen molar-refractivity contribution in [3.05, 3.63) is 53.0 Å². The van der Waals surface area contributed by atoms with Crippen molar-refractivity contribution < 1.29 is 9.59 Å². The highest BCUT2D eigenvalue weighted by Gasteiger charge is 2.14. The third kappa shape index (κ3) is 5.73. The topological polar surface area (TPSA) is 58.2 Å². The number of benzene rings is 2. The van der Waals surface area contributed by atoms with E-state index in [0.29, 0.717) is 0 Å². The average Bonchev–Trinajstić information content (AvgIpc) is 2.51. The maximum Gasteiger partial charge on any atom is 0.237 e. The lowest BCUT2D eigenvalue weighted by atomic mass is 10.3. The van der Waals surface area contributed by atoms with Crippen LogP contribution in [0.1, 0.15) is 13.8 Å². The molecule has 2 amide bonds. The molecule has 6 heteroatoms. The van der Waals surface area contributed by atoms with Crippen LogP contribution in [0, 0.1) is 0 Å². The normalized spacial score (nSPS) is 11.6. The van der Waals surface area contributed by atoms with Crippen LogP contribution in [-0.2, 0) is 9.59 Å². The zero-order chi connectivity index (χ0) is 16.8. The van der Waals surface area contributed by atoms with Gasteiger partial charge in [0.15, 0.2) is 0 Å². The van der Waals surface area contributed by atoms with Crippen molar-refractivity contribution in [2.24, 2.45) is 0 Å². The van der Waals surface area contributed by atoms with Gasteiger partial charge in [0, 0.05) is 27.7 Å². The van der Waals surface area contributed by atoms with Gasteiger partial charge in [0.1, 0.15) is 0 Å². The molecule has 0 radical (unpaired) electrons. The monoisotopic (exact) mass is 392 g/mol. The maximum absolute atomic E-state index is 12.2. The second-order valence-corrected chi connectivity index (χ2v) is 7.29. The van der Waals surface area contributed by atoms with E-state index in [4.69, 9.17) is 0 Å². The van der Waals surface area contributed by atoms with E-state index in [0.717, 1.165) is 20.7 Å². The number of anilines is 2. The zero-order valence-electron chi connectivity index (χ0n) is 12.8. The summed E-state index contributed by atoms with van der Waals surface area (Å²) in [7, 11) is 0. The second-order valence-electron chi connectivity index (χ2n) is 4.96. The molecular weight excluding hydrogens is 376 g/mol. The van der Waals surface area contributed by atoms with Crippen LogP contribution >= 0.6 is 27.7 Å². The first-order valence-electron chi connectivity index (χ1n) is 7.05. The zero-order valence-corrected chi connectivity index (χ0v) is 15.2. The van der Waals surface area contributed by atoms with Crippen molar-refractivity contribution in [1.82, 2.24) is 0 Å². The Kier molecular flexibility index (Phi) is 6.24. The Balaban J connectivity index is 1.92. The van der Waals surface area contributed by atoms with Crippen molar-refractivity contribution in [3.63, 3.8) is 0 Å². The third-order valence-electron chi connectivity index (χ3n) is 2.97. The molecule has 4 nitrogen and oxygen atoms in total. The summed E-state index contributed by atoms with van der Waals surface area (Å²) >= 11 is 4.83. The highest BCUT2D eigenvalue weighted by Crippen LogP contribution is 2.26. The highest BCUT2D eigenvalue weighted by molar-refractivity contribution is 9.10. The van der Waals surface area contributed by atoms with Gasteiger partial charge in [-0.3, -0.25) is 9.59 Å². The molecular formula is C17H17BrN2O2S. The van der Waals surface area contributed by atoms with E-state index in [1.165, 1.54) is 18.7 Å². The summed E-state index contributed by atoms with van der Waals surface area (Å²) in [5.41, 5.74) is 1.51. The van der Waals surface area contributed by atoms with Crippen LogP contribution in [-0.4, -0.2) is 17.1 Å². The predicted molar refractivity (Wildman–Crippen MR) is 98.8 cm³/mol. The van der Waals surface area contributed by atoms with Crippen molar-refractivity contribution in [2.75, 3.05) is 10.6 Å². The third-order valence-corrected chi connectivity index (χ3v) is 4.61. The molecule has 1 atom stereocenters. The molecule has 2 aromatic carbocycles. The molecule has 0 aliphatic rings. The van der Waals surface area contributed by atoms with Crippen LogP contribution in [0.4, 0.5) is 11.4 Å². The molecule has 2 aromatic rings. The van der Waals surface area contributed by atoms with E-state index in [9.17, 15) is 9.59 Å². The smallest absolute Gasteiger partial charge is 0.237 e. The summed E-state index contributed by atoms with van der Waals surface area (Å²) in [6.45, 7) is 3.33. The van der Waals surface area contributed by atoms with Gasteiger partial charge >= 0.3 is 0 Å². The molecule has 0 heterocycles. The van der Waals surface area contributed by atoms with Gasteiger partial charge in [-0.05, 0) is 55.5 Å². The van der Waals surface area contributed by atoms with Crippen molar-refractivity contribution in [2.45, 2.75) is 24.0 Å². The fourth-order valence-corrected chi connectivity index (χ4v) is 2.99. The summed E-state index contributed by atoms with van der Waals surface area (Å²) in [5.74, 6) is -0.157. The minimum atomic E-state index is -0.231. The average molecular weight is 393 g/mol. The largest absolute Gasteiger partial charge is 0.326 e. The number of thioether (sulfide) groups is 1. The van der Waals surface area contributed by atoms with E-state index in [1.807, 2.05) is 55.5 Å². The molecule has 0 fully saturated rings. The Morgan fingerprint density at radius 1 is 0.957 bits per heavy atom. The summed E-state index contributed by atoms with van der Waals surface area (Å²) in [6.07, 6.45) is 0. The molecule has 2 N–H and O–H groups in total. The van der Waals surface area contributed by atoms with Gasteiger partial charge in [-0.15, -0.1) is 11.8 Å². The fraction of sp³-hybridized carbons (Fsp3) is 0.176. The number of hydrogen-bond acceptors (Lipinski definition) is 3. The first kappa shape index (κ1) is 17.6. The first-order chi connectivity index (χ1) is 10.9. The molecule has 0 spiro atoms. The van der Waals surface area contributed by atoms with Crippen molar-refractivity contribution in [1.29, 1.82) is 0 Å². The fourth-order valence-electron chi connectivity index (χ4n) is 1.85. The summed E-state index contributed by atoms with van der Waals surface area (Å²) < 4.78 is 0.970. The van der Waals surface area contributed by atoms with Crippen LogP contribution < -0.4 is 10.6 Å². The maximum atomic E-state index is 12.2. The van der Waals surface area contributed by atoms with E-state index in [1.54, 1.807) is 0 Å². The Morgan fingerprint density at radius 3 is 2.04 bits per heavy atom. The molecule has 2 rings (SSSR count). The molecule has 23 heavy (non-hydrogen) atoms. The summed E-state index contributed by atoms with van der Waals surface area (Å²) in [6, 6.07) is 14.9. The van der Waals surface area contributed by atoms with Crippen molar-refractivity contribution in [3.8, 4) is 0 Å². The van der Waals surface area contributed by atoms with Gasteiger partial charge in [0.2, 0.25) is 11.8 Å². The Bertz CT molecular complexity index is 687. The lowest BCUT2D eigenvalue weighted by Gasteiger charge is -2.12. The van der Waals surface area contributed by atoms with Gasteiger partial charge in [0.25, 0.3) is 0 Å². The quantitative estimate of drug-likeness (QED) is 0.734. The van der Waals surface area contributed by atoms with Crippen LogP contribution in [0.2, 0.25) is 0 Å². The molecule has 0 saturated heterocycles. The summed E-state index contributed by atoms with van der Waals surface area (Å²) in [4.78, 5) is 24.2. The number of rotatable bonds is 5. The number of carbonyl (C=O) groups excluding carboxylic acids is 2. The van der Waals surface area contributed by atoms with Gasteiger partial charge < -0.3 is 10.6 Å².